The number of hydrogen-bond acceptors (Lipinski definition) is 0. The quantitative estimate of drug-likeness (QED) is 0.639. The van der Waals surface area contributed by atoms with Crippen LogP contribution in [0.4, 0.5) is 0 Å². The van der Waals surface area contributed by atoms with Gasteiger partial charge < -0.3 is 0 Å². The van der Waals surface area contributed by atoms with E-state index in [1.54, 1.807) is 0 Å². The Hall–Kier alpha value is -0.490. The topological polar surface area (TPSA) is 0 Å². The van der Waals surface area contributed by atoms with Gasteiger partial charge in [0.15, 0.2) is 0 Å². The molecular weight excluding hydrogens is 240 g/mol. The maximum Gasteiger partial charge on any atom is 0.0590 e. The molecule has 0 N–H and O–H groups in total. The Morgan fingerprint density at radius 3 is 2.72 bits per heavy atom. The number of hydrogen-bond donors (Lipinski definition) is 0. The molecular formula is C17H23Cl. The lowest BCUT2D eigenvalue weighted by atomic mass is 9.84. The number of rotatable bonds is 3. The highest BCUT2D eigenvalue weighted by Crippen LogP contribution is 2.51. The third kappa shape index (κ3) is 2.32. The zero-order valence-corrected chi connectivity index (χ0v) is 12.2. The summed E-state index contributed by atoms with van der Waals surface area (Å²) in [6.45, 7) is 4.34. The number of halogens is 1. The van der Waals surface area contributed by atoms with Crippen molar-refractivity contribution in [2.24, 2.45) is 17.8 Å². The molecule has 1 aromatic carbocycles. The average Bonchev–Trinajstić information content (AvgIpc) is 2.94. The third-order valence-corrected chi connectivity index (χ3v) is 5.58. The maximum atomic E-state index is 6.70. The van der Waals surface area contributed by atoms with Crippen LogP contribution < -0.4 is 0 Å². The molecule has 0 aromatic heterocycles. The average molecular weight is 263 g/mol. The van der Waals surface area contributed by atoms with Crippen LogP contribution in [0.2, 0.25) is 0 Å². The van der Waals surface area contributed by atoms with E-state index in [1.807, 2.05) is 0 Å². The summed E-state index contributed by atoms with van der Waals surface area (Å²) in [6, 6.07) is 6.67. The summed E-state index contributed by atoms with van der Waals surface area (Å²) in [5.74, 6) is 2.91. The van der Waals surface area contributed by atoms with E-state index in [4.69, 9.17) is 11.6 Å². The van der Waals surface area contributed by atoms with Gasteiger partial charge in [-0.2, -0.15) is 0 Å². The third-order valence-electron chi connectivity index (χ3n) is 5.17. The fraction of sp³-hybridized carbons (Fsp3) is 0.647. The molecule has 0 amide bonds. The van der Waals surface area contributed by atoms with Crippen LogP contribution in [0.3, 0.4) is 0 Å². The number of aryl methyl sites for hydroxylation is 2. The van der Waals surface area contributed by atoms with Gasteiger partial charge in [-0.25, -0.2) is 0 Å². The predicted molar refractivity (Wildman–Crippen MR) is 78.1 cm³/mol. The first kappa shape index (κ1) is 12.5. The minimum absolute atomic E-state index is 0.217. The van der Waals surface area contributed by atoms with Gasteiger partial charge in [-0.1, -0.05) is 30.2 Å². The highest BCUT2D eigenvalue weighted by Gasteiger charge is 2.40. The molecule has 0 radical (unpaired) electrons. The molecule has 0 heterocycles. The molecule has 98 valence electrons. The summed E-state index contributed by atoms with van der Waals surface area (Å²) in [5.41, 5.74) is 4.04. The molecule has 0 spiro atoms. The Balaban J connectivity index is 1.71. The van der Waals surface area contributed by atoms with Gasteiger partial charge >= 0.3 is 0 Å². The van der Waals surface area contributed by atoms with Crippen molar-refractivity contribution in [1.29, 1.82) is 0 Å². The predicted octanol–water partition coefficient (Wildman–Crippen LogP) is 5.41. The van der Waals surface area contributed by atoms with Gasteiger partial charge in [0.05, 0.1) is 5.38 Å². The van der Waals surface area contributed by atoms with Gasteiger partial charge in [0.1, 0.15) is 0 Å². The van der Waals surface area contributed by atoms with Crippen LogP contribution in [0.1, 0.15) is 54.2 Å². The van der Waals surface area contributed by atoms with Crippen molar-refractivity contribution in [2.45, 2.75) is 51.3 Å². The van der Waals surface area contributed by atoms with E-state index in [-0.39, 0.29) is 5.38 Å². The highest BCUT2D eigenvalue weighted by molar-refractivity contribution is 6.20. The fourth-order valence-corrected chi connectivity index (χ4v) is 4.62. The molecule has 0 saturated heterocycles. The number of fused-ring (bicyclic) bond motifs is 2. The summed E-state index contributed by atoms with van der Waals surface area (Å²) in [6.07, 6.45) is 7.07. The Labute approximate surface area is 116 Å². The molecule has 3 rings (SSSR count). The molecule has 2 fully saturated rings. The van der Waals surface area contributed by atoms with Crippen molar-refractivity contribution in [3.63, 3.8) is 0 Å². The number of benzene rings is 1. The molecule has 1 heteroatoms. The van der Waals surface area contributed by atoms with Crippen LogP contribution >= 0.6 is 11.6 Å². The van der Waals surface area contributed by atoms with Gasteiger partial charge in [-0.3, -0.25) is 0 Å². The van der Waals surface area contributed by atoms with Crippen molar-refractivity contribution in [3.05, 3.63) is 34.9 Å². The smallest absolute Gasteiger partial charge is 0.0590 e. The molecule has 18 heavy (non-hydrogen) atoms. The monoisotopic (exact) mass is 262 g/mol. The minimum Gasteiger partial charge on any atom is -0.118 e. The van der Waals surface area contributed by atoms with Gasteiger partial charge in [0.25, 0.3) is 0 Å². The van der Waals surface area contributed by atoms with E-state index in [2.05, 4.69) is 32.0 Å². The Bertz CT molecular complexity index is 437. The van der Waals surface area contributed by atoms with Crippen molar-refractivity contribution < 1.29 is 0 Å². The van der Waals surface area contributed by atoms with Crippen LogP contribution in [0.15, 0.2) is 18.2 Å². The molecule has 2 bridgehead atoms. The lowest BCUT2D eigenvalue weighted by molar-refractivity contribution is 0.311. The lowest BCUT2D eigenvalue weighted by Crippen LogP contribution is -2.13. The molecule has 2 aliphatic rings. The van der Waals surface area contributed by atoms with Crippen molar-refractivity contribution in [1.82, 2.24) is 0 Å². The van der Waals surface area contributed by atoms with Crippen LogP contribution in [0.5, 0.6) is 0 Å². The summed E-state index contributed by atoms with van der Waals surface area (Å²) in [5, 5.41) is 0.217. The van der Waals surface area contributed by atoms with Gasteiger partial charge in [0, 0.05) is 0 Å². The zero-order valence-electron chi connectivity index (χ0n) is 11.5. The molecule has 0 nitrogen and oxygen atoms in total. The Kier molecular flexibility index (Phi) is 3.40. The molecule has 2 aliphatic carbocycles. The SMILES string of the molecule is Cc1ccc(C)c(C(Cl)CC2CC3CCC2C3)c1. The normalized spacial score (nSPS) is 31.8. The van der Waals surface area contributed by atoms with Gasteiger partial charge in [-0.15, -0.1) is 11.6 Å². The van der Waals surface area contributed by atoms with Crippen molar-refractivity contribution in [3.8, 4) is 0 Å². The highest BCUT2D eigenvalue weighted by atomic mass is 35.5. The molecule has 4 atom stereocenters. The second-order valence-electron chi connectivity index (χ2n) is 6.50. The van der Waals surface area contributed by atoms with Crippen LogP contribution in [-0.2, 0) is 0 Å². The maximum absolute atomic E-state index is 6.70. The lowest BCUT2D eigenvalue weighted by Gasteiger charge is -2.24. The molecule has 1 aromatic rings. The van der Waals surface area contributed by atoms with E-state index in [1.165, 1.54) is 48.8 Å². The summed E-state index contributed by atoms with van der Waals surface area (Å²) in [4.78, 5) is 0. The first-order valence-corrected chi connectivity index (χ1v) is 7.78. The zero-order chi connectivity index (χ0) is 12.7. The van der Waals surface area contributed by atoms with Crippen molar-refractivity contribution in [2.75, 3.05) is 0 Å². The van der Waals surface area contributed by atoms with Crippen molar-refractivity contribution >= 4 is 11.6 Å². The van der Waals surface area contributed by atoms with E-state index < -0.39 is 0 Å². The fourth-order valence-electron chi connectivity index (χ4n) is 4.16. The molecule has 4 unspecified atom stereocenters. The Morgan fingerprint density at radius 2 is 2.06 bits per heavy atom. The first-order valence-electron chi connectivity index (χ1n) is 7.34. The number of alkyl halides is 1. The second kappa shape index (κ2) is 4.89. The summed E-state index contributed by atoms with van der Waals surface area (Å²) in [7, 11) is 0. The molecule has 0 aliphatic heterocycles. The standard InChI is InChI=1S/C17H23Cl/c1-11-3-4-12(2)16(7-11)17(18)10-15-9-13-5-6-14(15)8-13/h3-4,7,13-15,17H,5-6,8-10H2,1-2H3. The van der Waals surface area contributed by atoms with Crippen LogP contribution in [0.25, 0.3) is 0 Å². The Morgan fingerprint density at radius 1 is 1.22 bits per heavy atom. The van der Waals surface area contributed by atoms with Gasteiger partial charge in [0.2, 0.25) is 0 Å². The summed E-state index contributed by atoms with van der Waals surface area (Å²) >= 11 is 6.70. The van der Waals surface area contributed by atoms with Crippen LogP contribution in [0, 0.1) is 31.6 Å². The van der Waals surface area contributed by atoms with E-state index in [0.717, 1.165) is 17.8 Å². The summed E-state index contributed by atoms with van der Waals surface area (Å²) < 4.78 is 0. The van der Waals surface area contributed by atoms with E-state index >= 15 is 0 Å². The van der Waals surface area contributed by atoms with E-state index in [9.17, 15) is 0 Å². The minimum atomic E-state index is 0.217. The van der Waals surface area contributed by atoms with Crippen LogP contribution in [-0.4, -0.2) is 0 Å². The molecule has 2 saturated carbocycles. The van der Waals surface area contributed by atoms with Gasteiger partial charge in [-0.05, 0) is 68.4 Å². The largest absolute Gasteiger partial charge is 0.118 e. The van der Waals surface area contributed by atoms with E-state index in [0.29, 0.717) is 0 Å². The second-order valence-corrected chi connectivity index (χ2v) is 7.03. The first-order chi connectivity index (χ1) is 8.63.